The Morgan fingerprint density at radius 3 is 2.59 bits per heavy atom. The molecule has 0 amide bonds. The van der Waals surface area contributed by atoms with Gasteiger partial charge in [-0.3, -0.25) is 4.21 Å². The number of rotatable bonds is 2. The summed E-state index contributed by atoms with van der Waals surface area (Å²) in [4.78, 5) is 0.715. The second kappa shape index (κ2) is 4.71. The molecule has 1 fully saturated rings. The highest BCUT2D eigenvalue weighted by Gasteiger charge is 2.42. The van der Waals surface area contributed by atoms with Crippen molar-refractivity contribution in [3.63, 3.8) is 0 Å². The number of benzene rings is 1. The highest BCUT2D eigenvalue weighted by molar-refractivity contribution is 7.85. The van der Waals surface area contributed by atoms with Crippen LogP contribution in [0.15, 0.2) is 29.2 Å². The minimum atomic E-state index is -1.10. The number of nitrogens with two attached hydrogens (primary N) is 1. The van der Waals surface area contributed by atoms with E-state index >= 15 is 0 Å². The summed E-state index contributed by atoms with van der Waals surface area (Å²) in [6.45, 7) is 4.28. The van der Waals surface area contributed by atoms with Crippen molar-refractivity contribution in [2.24, 2.45) is 11.1 Å². The first-order chi connectivity index (χ1) is 7.93. The Balaban J connectivity index is 2.26. The molecule has 0 aliphatic heterocycles. The fourth-order valence-corrected chi connectivity index (χ4v) is 4.50. The average Bonchev–Trinajstić information content (AvgIpc) is 2.54. The average molecular weight is 272 g/mol. The van der Waals surface area contributed by atoms with Crippen molar-refractivity contribution in [3.05, 3.63) is 29.3 Å². The van der Waals surface area contributed by atoms with E-state index in [1.807, 2.05) is 18.2 Å². The molecular weight excluding hydrogens is 254 g/mol. The quantitative estimate of drug-likeness (QED) is 0.899. The van der Waals surface area contributed by atoms with Crippen molar-refractivity contribution in [2.45, 2.75) is 42.9 Å². The molecule has 1 aliphatic rings. The first-order valence-corrected chi connectivity index (χ1v) is 7.43. The minimum Gasteiger partial charge on any atom is -0.326 e. The Hall–Kier alpha value is -0.380. The number of hydrogen-bond donors (Lipinski definition) is 1. The van der Waals surface area contributed by atoms with Gasteiger partial charge in [-0.2, -0.15) is 0 Å². The first kappa shape index (κ1) is 13.1. The zero-order valence-corrected chi connectivity index (χ0v) is 11.7. The van der Waals surface area contributed by atoms with Crippen molar-refractivity contribution in [1.82, 2.24) is 0 Å². The van der Waals surface area contributed by atoms with E-state index in [-0.39, 0.29) is 16.7 Å². The molecule has 0 radical (unpaired) electrons. The Kier molecular flexibility index (Phi) is 3.62. The molecule has 17 heavy (non-hydrogen) atoms. The van der Waals surface area contributed by atoms with Gasteiger partial charge >= 0.3 is 0 Å². The molecule has 3 atom stereocenters. The van der Waals surface area contributed by atoms with Gasteiger partial charge in [0.25, 0.3) is 0 Å². The minimum absolute atomic E-state index is 0.0184. The van der Waals surface area contributed by atoms with E-state index < -0.39 is 10.8 Å². The third-order valence-electron chi connectivity index (χ3n) is 3.70. The van der Waals surface area contributed by atoms with Crippen LogP contribution in [-0.4, -0.2) is 15.5 Å². The van der Waals surface area contributed by atoms with Crippen molar-refractivity contribution < 1.29 is 4.21 Å². The van der Waals surface area contributed by atoms with Crippen LogP contribution >= 0.6 is 11.6 Å². The standard InChI is InChI=1S/C13H18ClNOS/c1-13(2)8-7-11(12(13)15)17(16)10-6-4-3-5-9(10)14/h3-6,11-12H,7-8,15H2,1-2H3. The van der Waals surface area contributed by atoms with E-state index in [9.17, 15) is 4.21 Å². The molecule has 94 valence electrons. The molecule has 2 rings (SSSR count). The second-order valence-corrected chi connectivity index (χ2v) is 7.37. The van der Waals surface area contributed by atoms with Crippen molar-refractivity contribution >= 4 is 22.4 Å². The van der Waals surface area contributed by atoms with Crippen molar-refractivity contribution in [2.75, 3.05) is 0 Å². The maximum atomic E-state index is 12.5. The van der Waals surface area contributed by atoms with E-state index in [0.29, 0.717) is 9.92 Å². The summed E-state index contributed by atoms with van der Waals surface area (Å²) in [6.07, 6.45) is 1.93. The Morgan fingerprint density at radius 1 is 1.41 bits per heavy atom. The van der Waals surface area contributed by atoms with Gasteiger partial charge in [0.15, 0.2) is 0 Å². The van der Waals surface area contributed by atoms with Gasteiger partial charge in [0.2, 0.25) is 0 Å². The topological polar surface area (TPSA) is 43.1 Å². The molecule has 0 aromatic heterocycles. The lowest BCUT2D eigenvalue weighted by Crippen LogP contribution is -2.41. The fraction of sp³-hybridized carbons (Fsp3) is 0.538. The Labute approximate surface area is 110 Å². The Morgan fingerprint density at radius 2 is 2.06 bits per heavy atom. The molecule has 0 spiro atoms. The van der Waals surface area contributed by atoms with Crippen LogP contribution in [0.2, 0.25) is 5.02 Å². The van der Waals surface area contributed by atoms with Gasteiger partial charge in [-0.25, -0.2) is 0 Å². The van der Waals surface area contributed by atoms with Gasteiger partial charge in [-0.15, -0.1) is 0 Å². The zero-order chi connectivity index (χ0) is 12.6. The zero-order valence-electron chi connectivity index (χ0n) is 10.2. The van der Waals surface area contributed by atoms with E-state index in [0.717, 1.165) is 12.8 Å². The SMILES string of the molecule is CC1(C)CCC(S(=O)c2ccccc2Cl)C1N. The lowest BCUT2D eigenvalue weighted by atomic mass is 9.88. The van der Waals surface area contributed by atoms with E-state index in [1.165, 1.54) is 0 Å². The lowest BCUT2D eigenvalue weighted by Gasteiger charge is -2.26. The monoisotopic (exact) mass is 271 g/mol. The first-order valence-electron chi connectivity index (χ1n) is 5.84. The number of hydrogen-bond acceptors (Lipinski definition) is 2. The normalized spacial score (nSPS) is 29.2. The van der Waals surface area contributed by atoms with Crippen LogP contribution in [0.3, 0.4) is 0 Å². The van der Waals surface area contributed by atoms with Gasteiger partial charge in [0.05, 0.1) is 26.0 Å². The van der Waals surface area contributed by atoms with E-state index in [2.05, 4.69) is 13.8 Å². The summed E-state index contributed by atoms with van der Waals surface area (Å²) >= 11 is 6.08. The van der Waals surface area contributed by atoms with Crippen LogP contribution in [0, 0.1) is 5.41 Å². The summed E-state index contributed by atoms with van der Waals surface area (Å²) < 4.78 is 12.5. The third kappa shape index (κ3) is 2.42. The van der Waals surface area contributed by atoms with Gasteiger partial charge in [0, 0.05) is 6.04 Å². The molecule has 3 unspecified atom stereocenters. The summed E-state index contributed by atoms with van der Waals surface area (Å²) in [7, 11) is -1.10. The molecule has 1 aromatic rings. The maximum absolute atomic E-state index is 12.5. The number of halogens is 1. The molecule has 1 aromatic carbocycles. The predicted molar refractivity (Wildman–Crippen MR) is 72.6 cm³/mol. The highest BCUT2D eigenvalue weighted by Crippen LogP contribution is 2.40. The molecule has 0 heterocycles. The van der Waals surface area contributed by atoms with Crippen LogP contribution in [0.4, 0.5) is 0 Å². The maximum Gasteiger partial charge on any atom is 0.0591 e. The fourth-order valence-electron chi connectivity index (χ4n) is 2.37. The molecule has 1 aliphatic carbocycles. The molecule has 0 bridgehead atoms. The second-order valence-electron chi connectivity index (χ2n) is 5.32. The lowest BCUT2D eigenvalue weighted by molar-refractivity contribution is 0.334. The van der Waals surface area contributed by atoms with Gasteiger partial charge in [-0.05, 0) is 30.4 Å². The highest BCUT2D eigenvalue weighted by atomic mass is 35.5. The van der Waals surface area contributed by atoms with Crippen LogP contribution in [-0.2, 0) is 10.8 Å². The molecule has 1 saturated carbocycles. The van der Waals surface area contributed by atoms with Crippen molar-refractivity contribution in [3.8, 4) is 0 Å². The third-order valence-corrected chi connectivity index (χ3v) is 6.01. The van der Waals surface area contributed by atoms with Crippen LogP contribution in [0.25, 0.3) is 0 Å². The van der Waals surface area contributed by atoms with Crippen LogP contribution in [0.5, 0.6) is 0 Å². The summed E-state index contributed by atoms with van der Waals surface area (Å²) in [6, 6.07) is 7.29. The largest absolute Gasteiger partial charge is 0.326 e. The van der Waals surface area contributed by atoms with Gasteiger partial charge in [0.1, 0.15) is 0 Å². The molecular formula is C13H18ClNOS. The van der Waals surface area contributed by atoms with Crippen molar-refractivity contribution in [1.29, 1.82) is 0 Å². The summed E-state index contributed by atoms with van der Waals surface area (Å²) in [5.74, 6) is 0. The van der Waals surface area contributed by atoms with E-state index in [4.69, 9.17) is 17.3 Å². The van der Waals surface area contributed by atoms with Crippen LogP contribution < -0.4 is 5.73 Å². The Bertz CT molecular complexity index is 447. The van der Waals surface area contributed by atoms with E-state index in [1.54, 1.807) is 6.07 Å². The summed E-state index contributed by atoms with van der Waals surface area (Å²) in [5.41, 5.74) is 6.28. The van der Waals surface area contributed by atoms with Gasteiger partial charge in [-0.1, -0.05) is 37.6 Å². The molecule has 2 N–H and O–H groups in total. The predicted octanol–water partition coefficient (Wildman–Crippen LogP) is 2.96. The van der Waals surface area contributed by atoms with Crippen LogP contribution in [0.1, 0.15) is 26.7 Å². The summed E-state index contributed by atoms with van der Waals surface area (Å²) in [5, 5.41) is 0.590. The van der Waals surface area contributed by atoms with Gasteiger partial charge < -0.3 is 5.73 Å². The smallest absolute Gasteiger partial charge is 0.0591 e. The molecule has 0 saturated heterocycles. The molecule has 2 nitrogen and oxygen atoms in total. The molecule has 4 heteroatoms.